The number of nitrogens with two attached hydrogens (primary N) is 1. The molecule has 0 atom stereocenters. The number of hydrogen-bond donors (Lipinski definition) is 1. The van der Waals surface area contributed by atoms with Gasteiger partial charge in [0.05, 0.1) is 17.6 Å². The van der Waals surface area contributed by atoms with E-state index in [1.165, 1.54) is 12.1 Å². The molecule has 1 heterocycles. The highest BCUT2D eigenvalue weighted by Crippen LogP contribution is 2.14. The summed E-state index contributed by atoms with van der Waals surface area (Å²) in [5.74, 6) is -0.237. The summed E-state index contributed by atoms with van der Waals surface area (Å²) in [7, 11) is 0. The maximum atomic E-state index is 13.0. The van der Waals surface area contributed by atoms with E-state index in [9.17, 15) is 4.39 Å². The van der Waals surface area contributed by atoms with Gasteiger partial charge >= 0.3 is 0 Å². The standard InChI is InChI=1S/C13H17FN4/c1-10-8-11(14)5-6-13(10)18-9-12(16-17-18)4-2-3-7-15/h5-6,8-9H,2-4,7,15H2,1H3. The minimum atomic E-state index is -0.237. The van der Waals surface area contributed by atoms with Crippen molar-refractivity contribution in [3.05, 3.63) is 41.5 Å². The average molecular weight is 248 g/mol. The minimum Gasteiger partial charge on any atom is -0.330 e. The lowest BCUT2D eigenvalue weighted by molar-refractivity contribution is 0.625. The van der Waals surface area contributed by atoms with Crippen LogP contribution >= 0.6 is 0 Å². The Morgan fingerprint density at radius 3 is 2.89 bits per heavy atom. The largest absolute Gasteiger partial charge is 0.330 e. The second kappa shape index (κ2) is 5.73. The molecule has 0 saturated carbocycles. The van der Waals surface area contributed by atoms with Crippen LogP contribution in [0.4, 0.5) is 4.39 Å². The summed E-state index contributed by atoms with van der Waals surface area (Å²) in [6.07, 6.45) is 4.76. The van der Waals surface area contributed by atoms with Crippen molar-refractivity contribution in [2.45, 2.75) is 26.2 Å². The van der Waals surface area contributed by atoms with Crippen molar-refractivity contribution < 1.29 is 4.39 Å². The number of nitrogens with zero attached hydrogens (tertiary/aromatic N) is 3. The highest BCUT2D eigenvalue weighted by molar-refractivity contribution is 5.39. The van der Waals surface area contributed by atoms with E-state index in [0.29, 0.717) is 6.54 Å². The smallest absolute Gasteiger partial charge is 0.123 e. The first-order valence-electron chi connectivity index (χ1n) is 6.08. The second-order valence-corrected chi connectivity index (χ2v) is 4.33. The van der Waals surface area contributed by atoms with Crippen LogP contribution in [-0.2, 0) is 6.42 Å². The second-order valence-electron chi connectivity index (χ2n) is 4.33. The number of benzene rings is 1. The normalized spacial score (nSPS) is 10.8. The molecule has 0 spiro atoms. The molecule has 0 aliphatic heterocycles. The zero-order valence-electron chi connectivity index (χ0n) is 10.4. The van der Waals surface area contributed by atoms with Crippen LogP contribution in [-0.4, -0.2) is 21.5 Å². The van der Waals surface area contributed by atoms with E-state index in [-0.39, 0.29) is 5.82 Å². The summed E-state index contributed by atoms with van der Waals surface area (Å²) < 4.78 is 14.7. The van der Waals surface area contributed by atoms with Crippen LogP contribution in [0.3, 0.4) is 0 Å². The molecule has 0 aliphatic rings. The Kier molecular flexibility index (Phi) is 4.04. The summed E-state index contributed by atoms with van der Waals surface area (Å²) in [6, 6.07) is 4.63. The van der Waals surface area contributed by atoms with Crippen molar-refractivity contribution in [1.82, 2.24) is 15.0 Å². The van der Waals surface area contributed by atoms with Crippen LogP contribution in [0.25, 0.3) is 5.69 Å². The zero-order chi connectivity index (χ0) is 13.0. The van der Waals surface area contributed by atoms with Gasteiger partial charge in [0.2, 0.25) is 0 Å². The highest BCUT2D eigenvalue weighted by Gasteiger charge is 2.06. The number of aromatic nitrogens is 3. The number of hydrogen-bond acceptors (Lipinski definition) is 3. The fraction of sp³-hybridized carbons (Fsp3) is 0.385. The third kappa shape index (κ3) is 2.92. The van der Waals surface area contributed by atoms with Gasteiger partial charge in [0, 0.05) is 0 Å². The molecular formula is C13H17FN4. The Morgan fingerprint density at radius 1 is 1.33 bits per heavy atom. The Bertz CT molecular complexity index is 521. The van der Waals surface area contributed by atoms with Crippen molar-refractivity contribution in [3.63, 3.8) is 0 Å². The van der Waals surface area contributed by atoms with Crippen LogP contribution in [0.2, 0.25) is 0 Å². The van der Waals surface area contributed by atoms with E-state index >= 15 is 0 Å². The lowest BCUT2D eigenvalue weighted by Crippen LogP contribution is -1.99. The number of rotatable bonds is 5. The van der Waals surface area contributed by atoms with Crippen LogP contribution in [0.5, 0.6) is 0 Å². The Labute approximate surface area is 106 Å². The van der Waals surface area contributed by atoms with E-state index in [1.54, 1.807) is 10.7 Å². The quantitative estimate of drug-likeness (QED) is 0.823. The van der Waals surface area contributed by atoms with Crippen LogP contribution in [0.1, 0.15) is 24.1 Å². The average Bonchev–Trinajstić information content (AvgIpc) is 2.78. The van der Waals surface area contributed by atoms with Gasteiger partial charge in [-0.2, -0.15) is 0 Å². The summed E-state index contributed by atoms with van der Waals surface area (Å²) in [5.41, 5.74) is 8.08. The number of aryl methyl sites for hydroxylation is 2. The van der Waals surface area contributed by atoms with E-state index in [4.69, 9.17) is 5.73 Å². The van der Waals surface area contributed by atoms with Crippen molar-refractivity contribution in [2.24, 2.45) is 5.73 Å². The van der Waals surface area contributed by atoms with Gasteiger partial charge in [-0.3, -0.25) is 0 Å². The molecule has 2 N–H and O–H groups in total. The molecular weight excluding hydrogens is 231 g/mol. The van der Waals surface area contributed by atoms with Crippen molar-refractivity contribution in [3.8, 4) is 5.69 Å². The molecule has 0 radical (unpaired) electrons. The lowest BCUT2D eigenvalue weighted by atomic mass is 10.2. The molecule has 0 fully saturated rings. The van der Waals surface area contributed by atoms with E-state index < -0.39 is 0 Å². The third-order valence-corrected chi connectivity index (χ3v) is 2.83. The minimum absolute atomic E-state index is 0.237. The maximum absolute atomic E-state index is 13.0. The van der Waals surface area contributed by atoms with Crippen molar-refractivity contribution in [1.29, 1.82) is 0 Å². The molecule has 0 unspecified atom stereocenters. The Morgan fingerprint density at radius 2 is 2.17 bits per heavy atom. The predicted molar refractivity (Wildman–Crippen MR) is 68.0 cm³/mol. The van der Waals surface area contributed by atoms with Gasteiger partial charge in [0.1, 0.15) is 5.82 Å². The van der Waals surface area contributed by atoms with Crippen molar-refractivity contribution in [2.75, 3.05) is 6.54 Å². The molecule has 1 aromatic heterocycles. The van der Waals surface area contributed by atoms with Gasteiger partial charge < -0.3 is 5.73 Å². The Hall–Kier alpha value is -1.75. The van der Waals surface area contributed by atoms with Gasteiger partial charge in [-0.25, -0.2) is 9.07 Å². The van der Waals surface area contributed by atoms with Gasteiger partial charge in [-0.15, -0.1) is 5.10 Å². The monoisotopic (exact) mass is 248 g/mol. The molecule has 5 heteroatoms. The summed E-state index contributed by atoms with van der Waals surface area (Å²) in [5, 5.41) is 8.17. The van der Waals surface area contributed by atoms with E-state index in [2.05, 4.69) is 10.3 Å². The molecule has 2 rings (SSSR count). The fourth-order valence-corrected chi connectivity index (χ4v) is 1.86. The highest BCUT2D eigenvalue weighted by atomic mass is 19.1. The van der Waals surface area contributed by atoms with Gasteiger partial charge in [0.15, 0.2) is 0 Å². The lowest BCUT2D eigenvalue weighted by Gasteiger charge is -2.04. The molecule has 18 heavy (non-hydrogen) atoms. The molecule has 2 aromatic rings. The summed E-state index contributed by atoms with van der Waals surface area (Å²) in [4.78, 5) is 0. The third-order valence-electron chi connectivity index (χ3n) is 2.83. The Balaban J connectivity index is 2.13. The van der Waals surface area contributed by atoms with E-state index in [0.717, 1.165) is 36.2 Å². The molecule has 4 nitrogen and oxygen atoms in total. The van der Waals surface area contributed by atoms with Gasteiger partial charge in [-0.05, 0) is 56.5 Å². The SMILES string of the molecule is Cc1cc(F)ccc1-n1cc(CCCCN)nn1. The van der Waals surface area contributed by atoms with Crippen LogP contribution in [0, 0.1) is 12.7 Å². The zero-order valence-corrected chi connectivity index (χ0v) is 10.4. The number of unbranched alkanes of at least 4 members (excludes halogenated alkanes) is 1. The van der Waals surface area contributed by atoms with Crippen molar-refractivity contribution >= 4 is 0 Å². The van der Waals surface area contributed by atoms with Crippen LogP contribution in [0.15, 0.2) is 24.4 Å². The molecule has 96 valence electrons. The van der Waals surface area contributed by atoms with Gasteiger partial charge in [-0.1, -0.05) is 5.21 Å². The van der Waals surface area contributed by atoms with E-state index in [1.807, 2.05) is 13.1 Å². The first-order valence-corrected chi connectivity index (χ1v) is 6.08. The molecule has 0 bridgehead atoms. The maximum Gasteiger partial charge on any atom is 0.123 e. The number of halogens is 1. The van der Waals surface area contributed by atoms with Gasteiger partial charge in [0.25, 0.3) is 0 Å². The molecule has 1 aromatic carbocycles. The first-order chi connectivity index (χ1) is 8.70. The topological polar surface area (TPSA) is 56.7 Å². The molecule has 0 amide bonds. The molecule has 0 aliphatic carbocycles. The first kappa shape index (κ1) is 12.7. The van der Waals surface area contributed by atoms with Crippen LogP contribution < -0.4 is 5.73 Å². The summed E-state index contributed by atoms with van der Waals surface area (Å²) in [6.45, 7) is 2.55. The fourth-order valence-electron chi connectivity index (χ4n) is 1.86. The predicted octanol–water partition coefficient (Wildman–Crippen LogP) is 2.00. The summed E-state index contributed by atoms with van der Waals surface area (Å²) >= 11 is 0. The molecule has 0 saturated heterocycles.